The standard InChI is InChI=1S/C13H21F3N2S/c1-5-6-9-10(8-17-12(2,3)4)19-11(18-9)7-13(14,15)16/h17H,5-8H2,1-4H3. The highest BCUT2D eigenvalue weighted by molar-refractivity contribution is 7.11. The Morgan fingerprint density at radius 2 is 1.84 bits per heavy atom. The van der Waals surface area contributed by atoms with Crippen LogP contribution in [0.3, 0.4) is 0 Å². The lowest BCUT2D eigenvalue weighted by Gasteiger charge is -2.20. The summed E-state index contributed by atoms with van der Waals surface area (Å²) >= 11 is 1.17. The van der Waals surface area contributed by atoms with Crippen molar-refractivity contribution in [1.82, 2.24) is 10.3 Å². The molecule has 2 nitrogen and oxygen atoms in total. The van der Waals surface area contributed by atoms with Gasteiger partial charge in [-0.3, -0.25) is 0 Å². The number of nitrogens with zero attached hydrogens (tertiary/aromatic N) is 1. The SMILES string of the molecule is CCCc1nc(CC(F)(F)F)sc1CNC(C)(C)C. The molecule has 0 fully saturated rings. The molecule has 1 rings (SSSR count). The maximum atomic E-state index is 12.4. The number of aromatic nitrogens is 1. The number of hydrogen-bond donors (Lipinski definition) is 1. The van der Waals surface area contributed by atoms with Gasteiger partial charge in [-0.2, -0.15) is 13.2 Å². The van der Waals surface area contributed by atoms with Crippen LogP contribution in [0, 0.1) is 0 Å². The molecule has 0 bridgehead atoms. The van der Waals surface area contributed by atoms with Gasteiger partial charge in [-0.1, -0.05) is 13.3 Å². The van der Waals surface area contributed by atoms with Gasteiger partial charge in [-0.15, -0.1) is 11.3 Å². The Labute approximate surface area is 116 Å². The molecule has 0 aliphatic heterocycles. The van der Waals surface area contributed by atoms with E-state index in [9.17, 15) is 13.2 Å². The van der Waals surface area contributed by atoms with Gasteiger partial charge >= 0.3 is 6.18 Å². The van der Waals surface area contributed by atoms with Crippen LogP contribution in [-0.2, 0) is 19.4 Å². The summed E-state index contributed by atoms with van der Waals surface area (Å²) in [5.41, 5.74) is 0.751. The first-order valence-corrected chi connectivity index (χ1v) is 7.21. The Bertz CT molecular complexity index is 405. The molecule has 0 amide bonds. The molecule has 0 saturated heterocycles. The van der Waals surface area contributed by atoms with Crippen LogP contribution in [0.25, 0.3) is 0 Å². The number of halogens is 3. The van der Waals surface area contributed by atoms with E-state index in [4.69, 9.17) is 0 Å². The van der Waals surface area contributed by atoms with Gasteiger partial charge in [0.15, 0.2) is 0 Å². The topological polar surface area (TPSA) is 24.9 Å². The van der Waals surface area contributed by atoms with E-state index in [0.29, 0.717) is 6.54 Å². The zero-order valence-corrected chi connectivity index (χ0v) is 12.6. The zero-order valence-electron chi connectivity index (χ0n) is 11.8. The number of hydrogen-bond acceptors (Lipinski definition) is 3. The van der Waals surface area contributed by atoms with Crippen molar-refractivity contribution in [3.8, 4) is 0 Å². The number of aryl methyl sites for hydroxylation is 1. The third-order valence-electron chi connectivity index (χ3n) is 2.44. The van der Waals surface area contributed by atoms with Gasteiger partial charge in [0.2, 0.25) is 0 Å². The highest BCUT2D eigenvalue weighted by Crippen LogP contribution is 2.27. The van der Waals surface area contributed by atoms with Gasteiger partial charge in [0, 0.05) is 17.0 Å². The van der Waals surface area contributed by atoms with Gasteiger partial charge in [0.1, 0.15) is 5.01 Å². The molecule has 1 heterocycles. The Kier molecular flexibility index (Phi) is 5.38. The predicted molar refractivity (Wildman–Crippen MR) is 72.5 cm³/mol. The first-order chi connectivity index (χ1) is 8.61. The van der Waals surface area contributed by atoms with Crippen molar-refractivity contribution in [2.75, 3.05) is 0 Å². The first-order valence-electron chi connectivity index (χ1n) is 6.40. The molecule has 1 aromatic heterocycles. The average molecular weight is 294 g/mol. The van der Waals surface area contributed by atoms with Gasteiger partial charge in [0.05, 0.1) is 12.1 Å². The van der Waals surface area contributed by atoms with Gasteiger partial charge < -0.3 is 5.32 Å². The van der Waals surface area contributed by atoms with Crippen molar-refractivity contribution in [2.24, 2.45) is 0 Å². The molecular weight excluding hydrogens is 273 g/mol. The molecular formula is C13H21F3N2S. The molecule has 6 heteroatoms. The second kappa shape index (κ2) is 6.22. The Morgan fingerprint density at radius 1 is 1.21 bits per heavy atom. The lowest BCUT2D eigenvalue weighted by Crippen LogP contribution is -2.35. The first kappa shape index (κ1) is 16.4. The fourth-order valence-electron chi connectivity index (χ4n) is 1.60. The van der Waals surface area contributed by atoms with Crippen molar-refractivity contribution >= 4 is 11.3 Å². The smallest absolute Gasteiger partial charge is 0.307 e. The molecule has 19 heavy (non-hydrogen) atoms. The van der Waals surface area contributed by atoms with E-state index in [2.05, 4.69) is 10.3 Å². The van der Waals surface area contributed by atoms with Crippen LogP contribution in [0.15, 0.2) is 0 Å². The van der Waals surface area contributed by atoms with Crippen LogP contribution < -0.4 is 5.32 Å². The van der Waals surface area contributed by atoms with E-state index >= 15 is 0 Å². The van der Waals surface area contributed by atoms with Gasteiger partial charge in [0.25, 0.3) is 0 Å². The maximum Gasteiger partial charge on any atom is 0.395 e. The van der Waals surface area contributed by atoms with Crippen LogP contribution in [0.4, 0.5) is 13.2 Å². The summed E-state index contributed by atoms with van der Waals surface area (Å²) < 4.78 is 37.2. The molecule has 0 aromatic carbocycles. The lowest BCUT2D eigenvalue weighted by atomic mass is 10.1. The summed E-state index contributed by atoms with van der Waals surface area (Å²) in [7, 11) is 0. The minimum Gasteiger partial charge on any atom is -0.307 e. The summed E-state index contributed by atoms with van der Waals surface area (Å²) in [5, 5.41) is 3.47. The van der Waals surface area contributed by atoms with E-state index in [1.807, 2.05) is 27.7 Å². The summed E-state index contributed by atoms with van der Waals surface area (Å²) in [6.45, 7) is 8.68. The molecule has 0 saturated carbocycles. The minimum absolute atomic E-state index is 0.0579. The highest BCUT2D eigenvalue weighted by atomic mass is 32.1. The van der Waals surface area contributed by atoms with Crippen molar-refractivity contribution in [3.05, 3.63) is 15.6 Å². The molecule has 0 atom stereocenters. The third-order valence-corrected chi connectivity index (χ3v) is 3.54. The molecule has 0 aliphatic carbocycles. The van der Waals surface area contributed by atoms with Crippen LogP contribution in [0.2, 0.25) is 0 Å². The van der Waals surface area contributed by atoms with E-state index in [0.717, 1.165) is 23.4 Å². The second-order valence-electron chi connectivity index (χ2n) is 5.62. The highest BCUT2D eigenvalue weighted by Gasteiger charge is 2.30. The molecule has 1 aromatic rings. The average Bonchev–Trinajstić information content (AvgIpc) is 2.54. The number of rotatable bonds is 5. The predicted octanol–water partition coefficient (Wildman–Crippen LogP) is 4.09. The zero-order chi connectivity index (χ0) is 14.7. The fourth-order valence-corrected chi connectivity index (χ4v) is 2.69. The minimum atomic E-state index is -4.18. The molecule has 0 radical (unpaired) electrons. The van der Waals surface area contributed by atoms with Gasteiger partial charge in [-0.25, -0.2) is 4.98 Å². The van der Waals surface area contributed by atoms with Crippen molar-refractivity contribution in [2.45, 2.75) is 65.2 Å². The van der Waals surface area contributed by atoms with E-state index in [-0.39, 0.29) is 10.5 Å². The Balaban J connectivity index is 2.82. The molecule has 110 valence electrons. The summed E-state index contributed by atoms with van der Waals surface area (Å²) in [6, 6.07) is 0. The molecule has 1 N–H and O–H groups in total. The van der Waals surface area contributed by atoms with Crippen LogP contribution in [-0.4, -0.2) is 16.7 Å². The van der Waals surface area contributed by atoms with Crippen molar-refractivity contribution < 1.29 is 13.2 Å². The molecule has 0 aliphatic rings. The number of thiazole rings is 1. The largest absolute Gasteiger partial charge is 0.395 e. The van der Waals surface area contributed by atoms with Crippen LogP contribution >= 0.6 is 11.3 Å². The van der Waals surface area contributed by atoms with Gasteiger partial charge in [-0.05, 0) is 27.2 Å². The molecule has 0 spiro atoms. The quantitative estimate of drug-likeness (QED) is 0.885. The van der Waals surface area contributed by atoms with Crippen molar-refractivity contribution in [1.29, 1.82) is 0 Å². The van der Waals surface area contributed by atoms with E-state index in [1.54, 1.807) is 0 Å². The molecule has 0 unspecified atom stereocenters. The van der Waals surface area contributed by atoms with E-state index < -0.39 is 12.6 Å². The number of alkyl halides is 3. The number of nitrogens with one attached hydrogen (secondary N) is 1. The Morgan fingerprint density at radius 3 is 2.32 bits per heavy atom. The summed E-state index contributed by atoms with van der Waals surface area (Å²) in [4.78, 5) is 5.07. The van der Waals surface area contributed by atoms with Crippen molar-refractivity contribution in [3.63, 3.8) is 0 Å². The Hall–Kier alpha value is -0.620. The van der Waals surface area contributed by atoms with Crippen LogP contribution in [0.5, 0.6) is 0 Å². The summed E-state index contributed by atoms with van der Waals surface area (Å²) in [6.07, 6.45) is -3.49. The second-order valence-corrected chi connectivity index (χ2v) is 6.79. The lowest BCUT2D eigenvalue weighted by molar-refractivity contribution is -0.127. The fraction of sp³-hybridized carbons (Fsp3) is 0.769. The third kappa shape index (κ3) is 6.38. The normalized spacial score (nSPS) is 13.0. The van der Waals surface area contributed by atoms with E-state index in [1.165, 1.54) is 11.3 Å². The maximum absolute atomic E-state index is 12.4. The van der Waals surface area contributed by atoms with Crippen LogP contribution in [0.1, 0.15) is 49.7 Å². The summed E-state index contributed by atoms with van der Waals surface area (Å²) in [5.74, 6) is 0. The monoisotopic (exact) mass is 294 g/mol.